The standard InChI is InChI=1S/C13H11ClN4O3/c1-6-10(21-7(2)15-6)12-17-16-11-9(14)4-8(5-18(11)12)13(19)20-3/h4-5H,1-3H3. The summed E-state index contributed by atoms with van der Waals surface area (Å²) in [4.78, 5) is 15.9. The summed E-state index contributed by atoms with van der Waals surface area (Å²) in [5.74, 6) is 0.937. The van der Waals surface area contributed by atoms with E-state index in [1.165, 1.54) is 13.2 Å². The predicted molar refractivity (Wildman–Crippen MR) is 74.3 cm³/mol. The zero-order valence-electron chi connectivity index (χ0n) is 11.5. The third-order valence-electron chi connectivity index (χ3n) is 2.99. The molecule has 0 saturated carbocycles. The van der Waals surface area contributed by atoms with Crippen LogP contribution in [0.2, 0.25) is 5.02 Å². The highest BCUT2D eigenvalue weighted by molar-refractivity contribution is 6.33. The Morgan fingerprint density at radius 1 is 1.38 bits per heavy atom. The number of aryl methyl sites for hydroxylation is 2. The molecule has 108 valence electrons. The Bertz CT molecular complexity index is 853. The van der Waals surface area contributed by atoms with Crippen molar-refractivity contribution in [2.75, 3.05) is 7.11 Å². The fourth-order valence-corrected chi connectivity index (χ4v) is 2.32. The molecule has 0 unspecified atom stereocenters. The van der Waals surface area contributed by atoms with Crippen molar-refractivity contribution in [3.8, 4) is 11.6 Å². The maximum Gasteiger partial charge on any atom is 0.339 e. The van der Waals surface area contributed by atoms with Crippen molar-refractivity contribution in [3.05, 3.63) is 34.4 Å². The first-order chi connectivity index (χ1) is 10.0. The molecule has 0 aliphatic rings. The third-order valence-corrected chi connectivity index (χ3v) is 3.27. The second-order valence-electron chi connectivity index (χ2n) is 4.43. The third kappa shape index (κ3) is 2.15. The van der Waals surface area contributed by atoms with Gasteiger partial charge in [-0.15, -0.1) is 10.2 Å². The van der Waals surface area contributed by atoms with Gasteiger partial charge >= 0.3 is 5.97 Å². The summed E-state index contributed by atoms with van der Waals surface area (Å²) in [5, 5.41) is 8.38. The fourth-order valence-electron chi connectivity index (χ4n) is 2.08. The predicted octanol–water partition coefficient (Wildman–Crippen LogP) is 2.44. The second-order valence-corrected chi connectivity index (χ2v) is 4.84. The number of oxazole rings is 1. The number of pyridine rings is 1. The van der Waals surface area contributed by atoms with Gasteiger partial charge in [0, 0.05) is 13.1 Å². The van der Waals surface area contributed by atoms with Crippen molar-refractivity contribution in [1.82, 2.24) is 19.6 Å². The second kappa shape index (κ2) is 4.85. The van der Waals surface area contributed by atoms with Gasteiger partial charge in [-0.25, -0.2) is 9.78 Å². The Balaban J connectivity index is 2.27. The fraction of sp³-hybridized carbons (Fsp3) is 0.231. The Hall–Kier alpha value is -2.41. The van der Waals surface area contributed by atoms with E-state index in [0.717, 1.165) is 0 Å². The average molecular weight is 307 g/mol. The van der Waals surface area contributed by atoms with Gasteiger partial charge < -0.3 is 9.15 Å². The lowest BCUT2D eigenvalue weighted by Crippen LogP contribution is -2.04. The first-order valence-corrected chi connectivity index (χ1v) is 6.46. The minimum absolute atomic E-state index is 0.296. The minimum Gasteiger partial charge on any atom is -0.465 e. The molecule has 0 radical (unpaired) electrons. The number of rotatable bonds is 2. The average Bonchev–Trinajstić information content (AvgIpc) is 3.01. The molecule has 0 atom stereocenters. The van der Waals surface area contributed by atoms with Gasteiger partial charge in [0.1, 0.15) is 0 Å². The van der Waals surface area contributed by atoms with Crippen molar-refractivity contribution in [2.45, 2.75) is 13.8 Å². The number of methoxy groups -OCH3 is 1. The van der Waals surface area contributed by atoms with Crippen LogP contribution in [-0.4, -0.2) is 32.7 Å². The molecular weight excluding hydrogens is 296 g/mol. The van der Waals surface area contributed by atoms with Crippen LogP contribution in [-0.2, 0) is 4.74 Å². The van der Waals surface area contributed by atoms with Crippen LogP contribution in [0.5, 0.6) is 0 Å². The number of aromatic nitrogens is 4. The molecule has 0 bridgehead atoms. The highest BCUT2D eigenvalue weighted by Gasteiger charge is 2.19. The Labute approximate surface area is 124 Å². The van der Waals surface area contributed by atoms with Crippen LogP contribution in [0.1, 0.15) is 21.9 Å². The zero-order chi connectivity index (χ0) is 15.1. The van der Waals surface area contributed by atoms with Crippen LogP contribution in [0, 0.1) is 13.8 Å². The van der Waals surface area contributed by atoms with Gasteiger partial charge in [-0.05, 0) is 13.0 Å². The first-order valence-electron chi connectivity index (χ1n) is 6.08. The maximum absolute atomic E-state index is 11.7. The molecule has 3 aromatic rings. The van der Waals surface area contributed by atoms with E-state index in [1.54, 1.807) is 24.4 Å². The smallest absolute Gasteiger partial charge is 0.339 e. The van der Waals surface area contributed by atoms with E-state index in [0.29, 0.717) is 39.4 Å². The SMILES string of the molecule is COC(=O)c1cc(Cl)c2nnc(-c3oc(C)nc3C)n2c1. The van der Waals surface area contributed by atoms with Gasteiger partial charge in [-0.3, -0.25) is 4.40 Å². The number of esters is 1. The summed E-state index contributed by atoms with van der Waals surface area (Å²) in [6, 6.07) is 1.49. The van der Waals surface area contributed by atoms with Crippen molar-refractivity contribution in [1.29, 1.82) is 0 Å². The van der Waals surface area contributed by atoms with Crippen LogP contribution < -0.4 is 0 Å². The van der Waals surface area contributed by atoms with Crippen molar-refractivity contribution in [2.24, 2.45) is 0 Å². The highest BCUT2D eigenvalue weighted by atomic mass is 35.5. The quantitative estimate of drug-likeness (QED) is 0.676. The number of nitrogens with zero attached hydrogens (tertiary/aromatic N) is 4. The van der Waals surface area contributed by atoms with Gasteiger partial charge in [0.2, 0.25) is 5.82 Å². The maximum atomic E-state index is 11.7. The van der Waals surface area contributed by atoms with Crippen LogP contribution >= 0.6 is 11.6 Å². The van der Waals surface area contributed by atoms with Crippen molar-refractivity contribution >= 4 is 23.2 Å². The van der Waals surface area contributed by atoms with E-state index in [2.05, 4.69) is 15.2 Å². The molecule has 0 spiro atoms. The topological polar surface area (TPSA) is 82.5 Å². The van der Waals surface area contributed by atoms with Crippen molar-refractivity contribution < 1.29 is 13.9 Å². The molecule has 8 heteroatoms. The van der Waals surface area contributed by atoms with Crippen LogP contribution in [0.15, 0.2) is 16.7 Å². The molecule has 0 aliphatic heterocycles. The summed E-state index contributed by atoms with van der Waals surface area (Å²) in [7, 11) is 1.30. The molecule has 3 rings (SSSR count). The van der Waals surface area contributed by atoms with E-state index in [1.807, 2.05) is 0 Å². The van der Waals surface area contributed by atoms with Gasteiger partial charge in [0.25, 0.3) is 0 Å². The van der Waals surface area contributed by atoms with Crippen LogP contribution in [0.25, 0.3) is 17.2 Å². The number of halogens is 1. The summed E-state index contributed by atoms with van der Waals surface area (Å²) in [6.07, 6.45) is 1.56. The van der Waals surface area contributed by atoms with Gasteiger partial charge in [-0.1, -0.05) is 11.6 Å². The van der Waals surface area contributed by atoms with Gasteiger partial charge in [0.05, 0.1) is 23.4 Å². The van der Waals surface area contributed by atoms with E-state index in [9.17, 15) is 4.79 Å². The molecule has 7 nitrogen and oxygen atoms in total. The molecule has 0 aliphatic carbocycles. The first kappa shape index (κ1) is 13.6. The van der Waals surface area contributed by atoms with E-state index >= 15 is 0 Å². The largest absolute Gasteiger partial charge is 0.465 e. The lowest BCUT2D eigenvalue weighted by atomic mass is 10.3. The van der Waals surface area contributed by atoms with E-state index in [4.69, 9.17) is 20.8 Å². The Morgan fingerprint density at radius 2 is 2.14 bits per heavy atom. The molecule has 0 fully saturated rings. The van der Waals surface area contributed by atoms with E-state index in [-0.39, 0.29) is 0 Å². The molecule has 3 heterocycles. The number of fused-ring (bicyclic) bond motifs is 1. The Morgan fingerprint density at radius 3 is 2.76 bits per heavy atom. The molecule has 21 heavy (non-hydrogen) atoms. The lowest BCUT2D eigenvalue weighted by Gasteiger charge is -2.03. The van der Waals surface area contributed by atoms with Gasteiger partial charge in [-0.2, -0.15) is 0 Å². The summed E-state index contributed by atoms with van der Waals surface area (Å²) in [6.45, 7) is 3.55. The molecular formula is C13H11ClN4O3. The van der Waals surface area contributed by atoms with E-state index < -0.39 is 5.97 Å². The normalized spacial score (nSPS) is 11.0. The molecule has 0 saturated heterocycles. The lowest BCUT2D eigenvalue weighted by molar-refractivity contribution is 0.0600. The summed E-state index contributed by atoms with van der Waals surface area (Å²) in [5.41, 5.74) is 1.40. The summed E-state index contributed by atoms with van der Waals surface area (Å²) >= 11 is 6.13. The zero-order valence-corrected chi connectivity index (χ0v) is 12.3. The molecule has 3 aromatic heterocycles. The molecule has 0 N–H and O–H groups in total. The Kier molecular flexibility index (Phi) is 3.13. The summed E-state index contributed by atoms with van der Waals surface area (Å²) < 4.78 is 11.8. The van der Waals surface area contributed by atoms with Crippen LogP contribution in [0.4, 0.5) is 0 Å². The van der Waals surface area contributed by atoms with Crippen LogP contribution in [0.3, 0.4) is 0 Å². The van der Waals surface area contributed by atoms with Gasteiger partial charge in [0.15, 0.2) is 17.3 Å². The number of carbonyl (C=O) groups excluding carboxylic acids is 1. The number of hydrogen-bond donors (Lipinski definition) is 0. The molecule has 0 aromatic carbocycles. The number of carbonyl (C=O) groups is 1. The molecule has 0 amide bonds. The monoisotopic (exact) mass is 306 g/mol. The van der Waals surface area contributed by atoms with Crippen molar-refractivity contribution in [3.63, 3.8) is 0 Å². The number of ether oxygens (including phenoxy) is 1. The number of hydrogen-bond acceptors (Lipinski definition) is 6. The highest BCUT2D eigenvalue weighted by Crippen LogP contribution is 2.26. The minimum atomic E-state index is -0.496.